The number of hydrogen-bond donors (Lipinski definition) is 2. The van der Waals surface area contributed by atoms with Crippen molar-refractivity contribution in [2.24, 2.45) is 0 Å². The molecule has 8 nitrogen and oxygen atoms in total. The molecule has 1 aliphatic heterocycles. The Kier molecular flexibility index (Phi) is 4.11. The second-order valence-electron chi connectivity index (χ2n) is 6.25. The number of carbonyl (C=O) groups excluding carboxylic acids is 1. The van der Waals surface area contributed by atoms with Gasteiger partial charge in [0.05, 0.1) is 0 Å². The van der Waals surface area contributed by atoms with Gasteiger partial charge in [-0.15, -0.1) is 0 Å². The molecule has 0 spiro atoms. The second-order valence-corrected chi connectivity index (χ2v) is 6.25. The first-order valence-corrected chi connectivity index (χ1v) is 8.36. The van der Waals surface area contributed by atoms with Gasteiger partial charge >= 0.3 is 5.69 Å². The Hall–Kier alpha value is -3.23. The lowest BCUT2D eigenvalue weighted by molar-refractivity contribution is 0.0698. The van der Waals surface area contributed by atoms with Gasteiger partial charge in [0.2, 0.25) is 0 Å². The van der Waals surface area contributed by atoms with E-state index in [9.17, 15) is 14.0 Å². The number of nitrogens with zero attached hydrogens (tertiary/aromatic N) is 4. The average Bonchev–Trinajstić information content (AvgIpc) is 3.31. The largest absolute Gasteiger partial charge is 0.340 e. The number of H-pyrrole nitrogens is 2. The van der Waals surface area contributed by atoms with E-state index < -0.39 is 5.82 Å². The predicted octanol–water partition coefficient (Wildman–Crippen LogP) is 1.44. The molecule has 1 aromatic carbocycles. The summed E-state index contributed by atoms with van der Waals surface area (Å²) in [5, 5.41) is 10.5. The van der Waals surface area contributed by atoms with Crippen molar-refractivity contribution < 1.29 is 9.18 Å². The van der Waals surface area contributed by atoms with Crippen molar-refractivity contribution >= 4 is 5.91 Å². The number of rotatable bonds is 3. The molecule has 4 rings (SSSR count). The number of aromatic nitrogens is 5. The van der Waals surface area contributed by atoms with Gasteiger partial charge in [-0.05, 0) is 31.0 Å². The van der Waals surface area contributed by atoms with Crippen LogP contribution >= 0.6 is 0 Å². The number of nitrogens with one attached hydrogen (secondary N) is 2. The Morgan fingerprint density at radius 1 is 1.27 bits per heavy atom. The van der Waals surface area contributed by atoms with Crippen molar-refractivity contribution in [1.29, 1.82) is 0 Å². The summed E-state index contributed by atoms with van der Waals surface area (Å²) in [4.78, 5) is 28.3. The molecule has 1 amide bonds. The lowest BCUT2D eigenvalue weighted by atomic mass is 9.97. The molecule has 3 aromatic rings. The van der Waals surface area contributed by atoms with E-state index in [0.29, 0.717) is 18.9 Å². The third kappa shape index (κ3) is 3.03. The summed E-state index contributed by atoms with van der Waals surface area (Å²) in [6, 6.07) is 7.83. The third-order valence-corrected chi connectivity index (χ3v) is 4.52. The van der Waals surface area contributed by atoms with Crippen LogP contribution in [0.4, 0.5) is 4.39 Å². The minimum Gasteiger partial charge on any atom is -0.337 e. The van der Waals surface area contributed by atoms with Gasteiger partial charge < -0.3 is 4.90 Å². The third-order valence-electron chi connectivity index (χ3n) is 4.52. The van der Waals surface area contributed by atoms with Gasteiger partial charge in [0.1, 0.15) is 17.3 Å². The number of halogens is 1. The lowest BCUT2D eigenvalue weighted by Crippen LogP contribution is -2.39. The molecule has 0 aliphatic carbocycles. The van der Waals surface area contributed by atoms with Crippen LogP contribution in [-0.2, 0) is 0 Å². The Bertz CT molecular complexity index is 991. The van der Waals surface area contributed by atoms with Gasteiger partial charge in [-0.1, -0.05) is 12.1 Å². The molecule has 2 aromatic heterocycles. The molecule has 26 heavy (non-hydrogen) atoms. The Morgan fingerprint density at radius 2 is 2.12 bits per heavy atom. The van der Waals surface area contributed by atoms with E-state index in [4.69, 9.17) is 0 Å². The topological polar surface area (TPSA) is 99.7 Å². The van der Waals surface area contributed by atoms with Crippen molar-refractivity contribution in [1.82, 2.24) is 29.9 Å². The van der Waals surface area contributed by atoms with Crippen molar-refractivity contribution in [3.8, 4) is 5.69 Å². The summed E-state index contributed by atoms with van der Waals surface area (Å²) in [6.45, 7) is 1.06. The number of piperidine rings is 1. The fourth-order valence-electron chi connectivity index (χ4n) is 3.23. The van der Waals surface area contributed by atoms with Crippen molar-refractivity contribution in [2.45, 2.75) is 18.8 Å². The van der Waals surface area contributed by atoms with E-state index in [2.05, 4.69) is 20.3 Å². The van der Waals surface area contributed by atoms with Crippen LogP contribution < -0.4 is 5.69 Å². The number of benzene rings is 1. The standard InChI is InChI=1S/C17H17FN6O2/c18-12-5-1-2-6-14(12)24-9-7-13(22-24)16(25)23-8-3-4-11(10-23)15-19-17(26)21-20-15/h1-2,5-7,9,11H,3-4,8,10H2,(H2,19,20,21,26). The molecule has 0 radical (unpaired) electrons. The second kappa shape index (κ2) is 6.58. The van der Waals surface area contributed by atoms with Crippen LogP contribution in [0.3, 0.4) is 0 Å². The summed E-state index contributed by atoms with van der Waals surface area (Å²) in [6.07, 6.45) is 3.21. The van der Waals surface area contributed by atoms with Crippen LogP contribution in [0.1, 0.15) is 35.1 Å². The minimum atomic E-state index is -0.407. The van der Waals surface area contributed by atoms with Crippen LogP contribution in [0.2, 0.25) is 0 Å². The maximum atomic E-state index is 13.9. The molecule has 1 fully saturated rings. The van der Waals surface area contributed by atoms with E-state index in [1.807, 2.05) is 0 Å². The number of hydrogen-bond acceptors (Lipinski definition) is 4. The molecule has 1 saturated heterocycles. The van der Waals surface area contributed by atoms with E-state index in [0.717, 1.165) is 12.8 Å². The van der Waals surface area contributed by atoms with Crippen LogP contribution in [0.25, 0.3) is 5.69 Å². The zero-order valence-corrected chi connectivity index (χ0v) is 13.9. The molecule has 9 heteroatoms. The highest BCUT2D eigenvalue weighted by atomic mass is 19.1. The van der Waals surface area contributed by atoms with Gasteiger partial charge in [0, 0.05) is 25.2 Å². The maximum absolute atomic E-state index is 13.9. The molecule has 0 saturated carbocycles. The number of likely N-dealkylation sites (tertiary alicyclic amines) is 1. The van der Waals surface area contributed by atoms with E-state index in [-0.39, 0.29) is 28.9 Å². The van der Waals surface area contributed by atoms with E-state index in [1.165, 1.54) is 10.7 Å². The summed E-state index contributed by atoms with van der Waals surface area (Å²) in [7, 11) is 0. The monoisotopic (exact) mass is 356 g/mol. The molecule has 1 aliphatic rings. The zero-order chi connectivity index (χ0) is 18.1. The smallest absolute Gasteiger partial charge is 0.337 e. The van der Waals surface area contributed by atoms with Crippen LogP contribution in [0, 0.1) is 5.82 Å². The highest BCUT2D eigenvalue weighted by Crippen LogP contribution is 2.24. The summed E-state index contributed by atoms with van der Waals surface area (Å²) in [5.41, 5.74) is 0.189. The first-order chi connectivity index (χ1) is 12.6. The van der Waals surface area contributed by atoms with Gasteiger partial charge in [-0.3, -0.25) is 9.78 Å². The van der Waals surface area contributed by atoms with Crippen molar-refractivity contribution in [3.63, 3.8) is 0 Å². The highest BCUT2D eigenvalue weighted by molar-refractivity contribution is 5.92. The molecular formula is C17H17FN6O2. The fraction of sp³-hybridized carbons (Fsp3) is 0.294. The highest BCUT2D eigenvalue weighted by Gasteiger charge is 2.28. The first-order valence-electron chi connectivity index (χ1n) is 8.36. The van der Waals surface area contributed by atoms with E-state index in [1.54, 1.807) is 35.4 Å². The van der Waals surface area contributed by atoms with Gasteiger partial charge in [0.25, 0.3) is 5.91 Å². The lowest BCUT2D eigenvalue weighted by Gasteiger charge is -2.31. The van der Waals surface area contributed by atoms with Crippen molar-refractivity contribution in [3.05, 3.63) is 64.3 Å². The van der Waals surface area contributed by atoms with Crippen LogP contribution in [-0.4, -0.2) is 48.9 Å². The van der Waals surface area contributed by atoms with Gasteiger partial charge in [-0.2, -0.15) is 10.2 Å². The number of carbonyl (C=O) groups is 1. The summed E-state index contributed by atoms with van der Waals surface area (Å²) in [5.74, 6) is -0.0949. The predicted molar refractivity (Wildman–Crippen MR) is 90.6 cm³/mol. The number of aromatic amines is 2. The van der Waals surface area contributed by atoms with Crippen LogP contribution in [0.5, 0.6) is 0 Å². The quantitative estimate of drug-likeness (QED) is 0.742. The molecule has 134 valence electrons. The average molecular weight is 356 g/mol. The van der Waals surface area contributed by atoms with Gasteiger partial charge in [-0.25, -0.2) is 19.0 Å². The Labute approximate surface area is 147 Å². The van der Waals surface area contributed by atoms with Crippen LogP contribution in [0.15, 0.2) is 41.3 Å². The molecular weight excluding hydrogens is 339 g/mol. The zero-order valence-electron chi connectivity index (χ0n) is 13.9. The first kappa shape index (κ1) is 16.2. The fourth-order valence-corrected chi connectivity index (χ4v) is 3.23. The normalized spacial score (nSPS) is 17.4. The molecule has 2 N–H and O–H groups in total. The molecule has 1 atom stereocenters. The van der Waals surface area contributed by atoms with E-state index >= 15 is 0 Å². The summed E-state index contributed by atoms with van der Waals surface area (Å²) < 4.78 is 15.2. The Morgan fingerprint density at radius 3 is 2.88 bits per heavy atom. The molecule has 1 unspecified atom stereocenters. The number of amides is 1. The SMILES string of the molecule is O=C(c1ccn(-c2ccccc2F)n1)N1CCCC(c2n[nH]c(=O)[nH]2)C1. The van der Waals surface area contributed by atoms with Gasteiger partial charge in [0.15, 0.2) is 5.69 Å². The summed E-state index contributed by atoms with van der Waals surface area (Å²) >= 11 is 0. The minimum absolute atomic E-state index is 0.0275. The molecule has 0 bridgehead atoms. The molecule has 3 heterocycles. The maximum Gasteiger partial charge on any atom is 0.340 e. The van der Waals surface area contributed by atoms with Crippen molar-refractivity contribution in [2.75, 3.05) is 13.1 Å². The Balaban J connectivity index is 1.52. The number of para-hydroxylation sites is 1.